The predicted octanol–water partition coefficient (Wildman–Crippen LogP) is 0.914. The van der Waals surface area contributed by atoms with Crippen molar-refractivity contribution in [2.45, 2.75) is 51.1 Å². The van der Waals surface area contributed by atoms with Crippen LogP contribution in [-0.2, 0) is 17.9 Å². The van der Waals surface area contributed by atoms with Gasteiger partial charge in [-0.2, -0.15) is 5.26 Å². The number of aryl methyl sites for hydroxylation is 1. The van der Waals surface area contributed by atoms with Crippen molar-refractivity contribution in [1.29, 1.82) is 5.26 Å². The second-order valence-electron chi connectivity index (χ2n) is 8.08. The van der Waals surface area contributed by atoms with Crippen LogP contribution in [0.3, 0.4) is 0 Å². The van der Waals surface area contributed by atoms with Crippen LogP contribution in [0.5, 0.6) is 0 Å². The van der Waals surface area contributed by atoms with Crippen molar-refractivity contribution < 1.29 is 15.0 Å². The SMILES string of the molecule is Cc1cc(C#N)cc(CN(C)C(=O)C2=NCc3ncnc(N[C@@H]4CC[C@@H](O)[C@H]4O)c32)c1. The Morgan fingerprint density at radius 2 is 2.10 bits per heavy atom. The minimum atomic E-state index is -0.901. The summed E-state index contributed by atoms with van der Waals surface area (Å²) in [5.74, 6) is 0.159. The van der Waals surface area contributed by atoms with Gasteiger partial charge in [0.25, 0.3) is 5.91 Å². The van der Waals surface area contributed by atoms with Gasteiger partial charge in [0.2, 0.25) is 0 Å². The van der Waals surface area contributed by atoms with Crippen molar-refractivity contribution in [1.82, 2.24) is 14.9 Å². The Hall–Kier alpha value is -3.35. The molecule has 1 amide bonds. The van der Waals surface area contributed by atoms with Gasteiger partial charge < -0.3 is 20.4 Å². The first kappa shape index (κ1) is 20.9. The van der Waals surface area contributed by atoms with Gasteiger partial charge in [-0.05, 0) is 43.0 Å². The molecule has 1 aliphatic heterocycles. The average Bonchev–Trinajstić information content (AvgIpc) is 3.32. The number of aliphatic hydroxyl groups excluding tert-OH is 2. The molecule has 1 fully saturated rings. The summed E-state index contributed by atoms with van der Waals surface area (Å²) < 4.78 is 0. The van der Waals surface area contributed by atoms with E-state index in [1.54, 1.807) is 24.1 Å². The van der Waals surface area contributed by atoms with E-state index in [2.05, 4.69) is 26.3 Å². The molecular formula is C22H24N6O3. The van der Waals surface area contributed by atoms with Gasteiger partial charge >= 0.3 is 0 Å². The number of hydrogen-bond acceptors (Lipinski definition) is 8. The van der Waals surface area contributed by atoms with Crippen LogP contribution in [0.25, 0.3) is 0 Å². The normalized spacial score (nSPS) is 21.9. The largest absolute Gasteiger partial charge is 0.390 e. The summed E-state index contributed by atoms with van der Waals surface area (Å²) in [7, 11) is 1.69. The van der Waals surface area contributed by atoms with Crippen molar-refractivity contribution in [3.63, 3.8) is 0 Å². The topological polar surface area (TPSA) is 135 Å². The fourth-order valence-electron chi connectivity index (χ4n) is 4.15. The van der Waals surface area contributed by atoms with E-state index in [9.17, 15) is 20.3 Å². The standard InChI is InChI=1S/C22H24N6O3/c1-12-5-13(8-23)7-14(6-12)10-28(2)22(31)19-18-16(9-24-19)25-11-26-21(18)27-15-3-4-17(29)20(15)30/h5-7,11,15,17,20,29-30H,3-4,9-10H2,1-2H3,(H,25,26,27)/t15-,17-,20+/m1/s1. The number of nitrogens with zero attached hydrogens (tertiary/aromatic N) is 5. The van der Waals surface area contributed by atoms with Gasteiger partial charge in [0.15, 0.2) is 0 Å². The van der Waals surface area contributed by atoms with Crippen LogP contribution in [0.1, 0.15) is 40.8 Å². The number of benzene rings is 1. The molecule has 160 valence electrons. The number of amides is 1. The molecule has 9 heteroatoms. The lowest BCUT2D eigenvalue weighted by molar-refractivity contribution is -0.123. The summed E-state index contributed by atoms with van der Waals surface area (Å²) in [5.41, 5.74) is 3.81. The number of likely N-dealkylation sites (N-methyl/N-ethyl adjacent to an activating group) is 1. The highest BCUT2D eigenvalue weighted by Crippen LogP contribution is 2.28. The first-order valence-corrected chi connectivity index (χ1v) is 10.1. The predicted molar refractivity (Wildman–Crippen MR) is 113 cm³/mol. The van der Waals surface area contributed by atoms with Crippen molar-refractivity contribution in [3.05, 3.63) is 52.5 Å². The molecule has 0 spiro atoms. The lowest BCUT2D eigenvalue weighted by atomic mass is 10.1. The summed E-state index contributed by atoms with van der Waals surface area (Å²) in [6.07, 6.45) is 0.815. The fourth-order valence-corrected chi connectivity index (χ4v) is 4.15. The molecule has 2 heterocycles. The third kappa shape index (κ3) is 4.13. The highest BCUT2D eigenvalue weighted by atomic mass is 16.3. The molecule has 0 saturated heterocycles. The molecule has 3 N–H and O–H groups in total. The number of aliphatic imine (C=N–C) groups is 1. The fraction of sp³-hybridized carbons (Fsp3) is 0.409. The van der Waals surface area contributed by atoms with E-state index < -0.39 is 12.2 Å². The van der Waals surface area contributed by atoms with E-state index in [0.29, 0.717) is 42.0 Å². The number of aromatic nitrogens is 2. The van der Waals surface area contributed by atoms with Crippen molar-refractivity contribution in [2.24, 2.45) is 4.99 Å². The van der Waals surface area contributed by atoms with Gasteiger partial charge in [0.1, 0.15) is 17.9 Å². The number of carbonyl (C=O) groups excluding carboxylic acids is 1. The van der Waals surface area contributed by atoms with E-state index in [-0.39, 0.29) is 24.2 Å². The molecule has 1 saturated carbocycles. The van der Waals surface area contributed by atoms with Gasteiger partial charge in [0.05, 0.1) is 47.7 Å². The van der Waals surface area contributed by atoms with E-state index >= 15 is 0 Å². The molecule has 0 unspecified atom stereocenters. The molecular weight excluding hydrogens is 396 g/mol. The van der Waals surface area contributed by atoms with Crippen LogP contribution >= 0.6 is 0 Å². The van der Waals surface area contributed by atoms with E-state index in [0.717, 1.165) is 11.1 Å². The second-order valence-corrected chi connectivity index (χ2v) is 8.08. The third-order valence-electron chi connectivity index (χ3n) is 5.69. The number of fused-ring (bicyclic) bond motifs is 1. The van der Waals surface area contributed by atoms with Crippen LogP contribution in [-0.4, -0.2) is 62.0 Å². The Kier molecular flexibility index (Phi) is 5.67. The summed E-state index contributed by atoms with van der Waals surface area (Å²) in [5, 5.41) is 32.4. The Labute approximate surface area is 180 Å². The van der Waals surface area contributed by atoms with Gasteiger partial charge in [-0.15, -0.1) is 0 Å². The minimum absolute atomic E-state index is 0.266. The molecule has 9 nitrogen and oxygen atoms in total. The third-order valence-corrected chi connectivity index (χ3v) is 5.69. The molecule has 31 heavy (non-hydrogen) atoms. The highest BCUT2D eigenvalue weighted by Gasteiger charge is 2.36. The van der Waals surface area contributed by atoms with Gasteiger partial charge in [-0.3, -0.25) is 9.79 Å². The van der Waals surface area contributed by atoms with Gasteiger partial charge in [-0.25, -0.2) is 9.97 Å². The lowest BCUT2D eigenvalue weighted by Gasteiger charge is -2.22. The smallest absolute Gasteiger partial charge is 0.272 e. The summed E-state index contributed by atoms with van der Waals surface area (Å²) in [6.45, 7) is 2.51. The maximum atomic E-state index is 13.2. The molecule has 4 rings (SSSR count). The number of carbonyl (C=O) groups is 1. The van der Waals surface area contributed by atoms with E-state index in [1.807, 2.05) is 13.0 Å². The number of rotatable bonds is 5. The van der Waals surface area contributed by atoms with Crippen molar-refractivity contribution in [2.75, 3.05) is 12.4 Å². The summed E-state index contributed by atoms with van der Waals surface area (Å²) in [6, 6.07) is 7.28. The molecule has 3 atom stereocenters. The summed E-state index contributed by atoms with van der Waals surface area (Å²) in [4.78, 5) is 27.7. The zero-order valence-corrected chi connectivity index (χ0v) is 17.4. The van der Waals surface area contributed by atoms with Crippen LogP contribution in [0, 0.1) is 18.3 Å². The first-order valence-electron chi connectivity index (χ1n) is 10.1. The molecule has 2 aliphatic rings. The Morgan fingerprint density at radius 1 is 1.29 bits per heavy atom. The van der Waals surface area contributed by atoms with Crippen molar-refractivity contribution >= 4 is 17.4 Å². The Balaban J connectivity index is 1.55. The maximum absolute atomic E-state index is 13.2. The molecule has 0 bridgehead atoms. The molecule has 1 aromatic heterocycles. The average molecular weight is 420 g/mol. The first-order chi connectivity index (χ1) is 14.9. The van der Waals surface area contributed by atoms with Crippen LogP contribution in [0.4, 0.5) is 5.82 Å². The maximum Gasteiger partial charge on any atom is 0.272 e. The number of nitriles is 1. The van der Waals surface area contributed by atoms with Gasteiger partial charge in [-0.1, -0.05) is 6.07 Å². The number of aliphatic hydroxyl groups is 2. The Morgan fingerprint density at radius 3 is 2.81 bits per heavy atom. The number of hydrogen-bond donors (Lipinski definition) is 3. The second kappa shape index (κ2) is 8.41. The van der Waals surface area contributed by atoms with Crippen LogP contribution in [0.15, 0.2) is 29.5 Å². The molecule has 2 aromatic rings. The highest BCUT2D eigenvalue weighted by molar-refractivity contribution is 6.47. The molecule has 1 aliphatic carbocycles. The quantitative estimate of drug-likeness (QED) is 0.654. The van der Waals surface area contributed by atoms with Crippen LogP contribution < -0.4 is 5.32 Å². The monoisotopic (exact) mass is 420 g/mol. The number of nitrogens with one attached hydrogen (secondary N) is 1. The molecule has 0 radical (unpaired) electrons. The van der Waals surface area contributed by atoms with E-state index in [4.69, 9.17) is 0 Å². The number of anilines is 1. The minimum Gasteiger partial charge on any atom is -0.390 e. The zero-order valence-electron chi connectivity index (χ0n) is 17.4. The van der Waals surface area contributed by atoms with E-state index in [1.165, 1.54) is 6.33 Å². The zero-order chi connectivity index (χ0) is 22.1. The Bertz CT molecular complexity index is 1090. The van der Waals surface area contributed by atoms with Crippen molar-refractivity contribution in [3.8, 4) is 6.07 Å². The summed E-state index contributed by atoms with van der Waals surface area (Å²) >= 11 is 0. The lowest BCUT2D eigenvalue weighted by Crippen LogP contribution is -2.36. The molecule has 1 aromatic carbocycles. The van der Waals surface area contributed by atoms with Crippen LogP contribution in [0.2, 0.25) is 0 Å². The van der Waals surface area contributed by atoms with Gasteiger partial charge in [0, 0.05) is 13.6 Å².